The molecule has 0 saturated heterocycles. The van der Waals surface area contributed by atoms with E-state index in [1.165, 1.54) is 17.2 Å². The maximum absolute atomic E-state index is 11.6. The molecule has 0 aliphatic carbocycles. The number of halogens is 2. The first kappa shape index (κ1) is 19.0. The summed E-state index contributed by atoms with van der Waals surface area (Å²) >= 11 is 5.35. The summed E-state index contributed by atoms with van der Waals surface area (Å²) in [6.45, 7) is 2.36. The van der Waals surface area contributed by atoms with Gasteiger partial charge in [0.15, 0.2) is 6.54 Å². The standard InChI is InChI=1S/C19H20BrN2OS.BrH/c20-17-9-7-16(8-10-17)19(23)14-21-11-4-12-24-18(21)22(19)13-15-5-2-1-3-6-15;/h1-3,5-10,23H,4,11-14H2;1H/q+1;/p-1. The number of benzene rings is 2. The van der Waals surface area contributed by atoms with Gasteiger partial charge in [-0.2, -0.15) is 0 Å². The summed E-state index contributed by atoms with van der Waals surface area (Å²) in [5, 5.41) is 12.8. The van der Waals surface area contributed by atoms with Crippen LogP contribution in [0.25, 0.3) is 0 Å². The highest BCUT2D eigenvalue weighted by molar-refractivity contribution is 9.10. The van der Waals surface area contributed by atoms with Crippen molar-refractivity contribution >= 4 is 32.9 Å². The van der Waals surface area contributed by atoms with E-state index in [9.17, 15) is 5.11 Å². The zero-order valence-corrected chi connectivity index (χ0v) is 17.7. The lowest BCUT2D eigenvalue weighted by atomic mass is 10.0. The maximum atomic E-state index is 11.6. The summed E-state index contributed by atoms with van der Waals surface area (Å²) in [6, 6.07) is 18.4. The molecule has 0 fully saturated rings. The smallest absolute Gasteiger partial charge is 0.311 e. The molecule has 1 unspecified atom stereocenters. The minimum absolute atomic E-state index is 0. The minimum Gasteiger partial charge on any atom is -1.00 e. The average molecular weight is 484 g/mol. The first-order valence-electron chi connectivity index (χ1n) is 8.21. The average Bonchev–Trinajstić information content (AvgIpc) is 2.90. The molecule has 2 aliphatic rings. The van der Waals surface area contributed by atoms with Crippen LogP contribution in [0, 0.1) is 0 Å². The quantitative estimate of drug-likeness (QED) is 0.648. The fourth-order valence-corrected chi connectivity index (χ4v) is 4.87. The number of aliphatic hydroxyl groups is 1. The van der Waals surface area contributed by atoms with E-state index in [0.29, 0.717) is 13.1 Å². The van der Waals surface area contributed by atoms with Crippen LogP contribution < -0.4 is 17.0 Å². The van der Waals surface area contributed by atoms with Crippen molar-refractivity contribution in [2.24, 2.45) is 0 Å². The molecule has 2 aromatic carbocycles. The van der Waals surface area contributed by atoms with Crippen LogP contribution in [0.2, 0.25) is 0 Å². The van der Waals surface area contributed by atoms with Crippen molar-refractivity contribution in [2.45, 2.75) is 18.7 Å². The van der Waals surface area contributed by atoms with Gasteiger partial charge in [0.2, 0.25) is 0 Å². The molecule has 4 rings (SSSR count). The lowest BCUT2D eigenvalue weighted by molar-refractivity contribution is -0.532. The molecule has 0 bridgehead atoms. The number of rotatable bonds is 3. The fraction of sp³-hybridized carbons (Fsp3) is 0.316. The largest absolute Gasteiger partial charge is 1.00 e. The fourth-order valence-electron chi connectivity index (χ4n) is 3.44. The number of hydrogen-bond donors (Lipinski definition) is 1. The van der Waals surface area contributed by atoms with E-state index < -0.39 is 5.72 Å². The van der Waals surface area contributed by atoms with Crippen LogP contribution in [0.5, 0.6) is 0 Å². The highest BCUT2D eigenvalue weighted by Crippen LogP contribution is 2.37. The predicted molar refractivity (Wildman–Crippen MR) is 102 cm³/mol. The van der Waals surface area contributed by atoms with Crippen LogP contribution in [0.15, 0.2) is 59.1 Å². The van der Waals surface area contributed by atoms with Gasteiger partial charge in [-0.25, -0.2) is 9.48 Å². The van der Waals surface area contributed by atoms with Crippen LogP contribution in [-0.2, 0) is 12.3 Å². The second kappa shape index (κ2) is 7.82. The lowest BCUT2D eigenvalue weighted by Gasteiger charge is -2.28. The van der Waals surface area contributed by atoms with Gasteiger partial charge in [-0.15, -0.1) is 0 Å². The van der Waals surface area contributed by atoms with Gasteiger partial charge in [-0.3, -0.25) is 0 Å². The molecule has 1 atom stereocenters. The highest BCUT2D eigenvalue weighted by Gasteiger charge is 2.53. The third kappa shape index (κ3) is 3.68. The van der Waals surface area contributed by atoms with Gasteiger partial charge in [-0.1, -0.05) is 58.4 Å². The molecule has 6 heteroatoms. The molecule has 0 saturated carbocycles. The number of nitrogens with zero attached hydrogens (tertiary/aromatic N) is 2. The minimum atomic E-state index is -0.983. The molecule has 0 aromatic heterocycles. The third-order valence-corrected chi connectivity index (χ3v) is 6.41. The second-order valence-corrected chi connectivity index (χ2v) is 8.28. The Kier molecular flexibility index (Phi) is 5.93. The molecule has 2 aliphatic heterocycles. The molecule has 2 aromatic rings. The summed E-state index contributed by atoms with van der Waals surface area (Å²) in [6.07, 6.45) is 1.17. The van der Waals surface area contributed by atoms with Crippen molar-refractivity contribution in [3.05, 3.63) is 70.2 Å². The van der Waals surface area contributed by atoms with Crippen LogP contribution in [0.3, 0.4) is 0 Å². The van der Waals surface area contributed by atoms with E-state index in [1.54, 1.807) is 0 Å². The molecular formula is C19H20Br2N2OS. The molecule has 0 amide bonds. The number of thioether (sulfide) groups is 1. The van der Waals surface area contributed by atoms with Gasteiger partial charge in [0.05, 0.1) is 6.54 Å². The van der Waals surface area contributed by atoms with Gasteiger partial charge < -0.3 is 22.1 Å². The normalized spacial score (nSPS) is 22.6. The molecule has 0 radical (unpaired) electrons. The van der Waals surface area contributed by atoms with E-state index in [4.69, 9.17) is 0 Å². The Morgan fingerprint density at radius 2 is 1.84 bits per heavy atom. The summed E-state index contributed by atoms with van der Waals surface area (Å²) in [4.78, 5) is 2.18. The predicted octanol–water partition coefficient (Wildman–Crippen LogP) is 0.619. The van der Waals surface area contributed by atoms with E-state index in [1.807, 2.05) is 42.1 Å². The van der Waals surface area contributed by atoms with Crippen molar-refractivity contribution in [3.8, 4) is 0 Å². The van der Waals surface area contributed by atoms with Crippen molar-refractivity contribution in [1.29, 1.82) is 0 Å². The van der Waals surface area contributed by atoms with Crippen LogP contribution in [0.4, 0.5) is 0 Å². The van der Waals surface area contributed by atoms with Crippen molar-refractivity contribution in [3.63, 3.8) is 0 Å². The molecular weight excluding hydrogens is 464 g/mol. The molecule has 132 valence electrons. The zero-order chi connectivity index (χ0) is 16.6. The Hall–Kier alpha value is -0.820. The molecule has 3 nitrogen and oxygen atoms in total. The Labute approximate surface area is 171 Å². The van der Waals surface area contributed by atoms with Crippen LogP contribution in [0.1, 0.15) is 17.5 Å². The number of hydrogen-bond acceptors (Lipinski definition) is 3. The van der Waals surface area contributed by atoms with Gasteiger partial charge in [-0.05, 0) is 35.9 Å². The zero-order valence-electron chi connectivity index (χ0n) is 13.7. The first-order valence-corrected chi connectivity index (χ1v) is 9.99. The maximum Gasteiger partial charge on any atom is 0.311 e. The summed E-state index contributed by atoms with van der Waals surface area (Å²) < 4.78 is 3.36. The van der Waals surface area contributed by atoms with Gasteiger partial charge in [0.1, 0.15) is 6.54 Å². The van der Waals surface area contributed by atoms with Crippen molar-refractivity contribution < 1.29 is 26.7 Å². The van der Waals surface area contributed by atoms with Crippen LogP contribution >= 0.6 is 27.7 Å². The monoisotopic (exact) mass is 482 g/mol. The number of amidine groups is 1. The topological polar surface area (TPSA) is 26.5 Å². The first-order chi connectivity index (χ1) is 11.7. The molecule has 0 spiro atoms. The van der Waals surface area contributed by atoms with Crippen molar-refractivity contribution in [1.82, 2.24) is 4.90 Å². The third-order valence-electron chi connectivity index (χ3n) is 4.65. The van der Waals surface area contributed by atoms with Gasteiger partial charge in [0, 0.05) is 15.8 Å². The van der Waals surface area contributed by atoms with E-state index in [0.717, 1.165) is 22.3 Å². The van der Waals surface area contributed by atoms with Crippen molar-refractivity contribution in [2.75, 3.05) is 18.8 Å². The van der Waals surface area contributed by atoms with Gasteiger partial charge in [0.25, 0.3) is 5.72 Å². The van der Waals surface area contributed by atoms with Crippen LogP contribution in [-0.4, -0.2) is 38.6 Å². The Morgan fingerprint density at radius 1 is 1.12 bits per heavy atom. The van der Waals surface area contributed by atoms with E-state index in [2.05, 4.69) is 49.7 Å². The van der Waals surface area contributed by atoms with Gasteiger partial charge >= 0.3 is 5.17 Å². The molecule has 25 heavy (non-hydrogen) atoms. The summed E-state index contributed by atoms with van der Waals surface area (Å²) in [7, 11) is 0. The highest BCUT2D eigenvalue weighted by atomic mass is 79.9. The summed E-state index contributed by atoms with van der Waals surface area (Å²) in [5.41, 5.74) is 1.18. The molecule has 1 N–H and O–H groups in total. The Morgan fingerprint density at radius 3 is 2.56 bits per heavy atom. The SMILES string of the molecule is OC1(c2ccc(Br)cc2)C[N+]2=C(SCCC2)N1Cc1ccccc1.[Br-]. The lowest BCUT2D eigenvalue weighted by Crippen LogP contribution is -3.00. The molecule has 2 heterocycles. The Balaban J connectivity index is 0.00000182. The second-order valence-electron chi connectivity index (χ2n) is 6.30. The van der Waals surface area contributed by atoms with E-state index in [-0.39, 0.29) is 17.0 Å². The Bertz CT molecular complexity index is 767. The summed E-state index contributed by atoms with van der Waals surface area (Å²) in [5.74, 6) is 1.12. The van der Waals surface area contributed by atoms with E-state index >= 15 is 0 Å².